The number of rotatable bonds is 4. The standard InChI is InChI=1S/C14H16ClN3O/c1-9-13(10(2)18-17-9)7-8-16-14(19)11-3-5-12(15)6-4-11/h3-6H,7-8H2,1-2H3,(H,16,19)(H,17,18). The molecule has 0 atom stereocenters. The van der Waals surface area contributed by atoms with E-state index in [1.807, 2.05) is 13.8 Å². The number of hydrogen-bond donors (Lipinski definition) is 2. The molecular formula is C14H16ClN3O. The van der Waals surface area contributed by atoms with Crippen LogP contribution >= 0.6 is 11.6 Å². The zero-order valence-electron chi connectivity index (χ0n) is 11.0. The molecule has 1 amide bonds. The number of carbonyl (C=O) groups is 1. The van der Waals surface area contributed by atoms with E-state index in [0.717, 1.165) is 23.4 Å². The summed E-state index contributed by atoms with van der Waals surface area (Å²) in [4.78, 5) is 11.9. The molecule has 0 aliphatic carbocycles. The van der Waals surface area contributed by atoms with Gasteiger partial charge in [-0.15, -0.1) is 0 Å². The summed E-state index contributed by atoms with van der Waals surface area (Å²) in [5.74, 6) is -0.0875. The predicted molar refractivity (Wildman–Crippen MR) is 75.6 cm³/mol. The Morgan fingerprint density at radius 1 is 1.32 bits per heavy atom. The Labute approximate surface area is 117 Å². The Bertz CT molecular complexity index is 555. The average molecular weight is 278 g/mol. The van der Waals surface area contributed by atoms with Gasteiger partial charge < -0.3 is 5.32 Å². The van der Waals surface area contributed by atoms with Crippen LogP contribution in [0.25, 0.3) is 0 Å². The van der Waals surface area contributed by atoms with Crippen LogP contribution in [0.1, 0.15) is 27.3 Å². The molecule has 1 heterocycles. The Morgan fingerprint density at radius 3 is 2.58 bits per heavy atom. The van der Waals surface area contributed by atoms with E-state index in [9.17, 15) is 4.79 Å². The highest BCUT2D eigenvalue weighted by molar-refractivity contribution is 6.30. The SMILES string of the molecule is Cc1n[nH]c(C)c1CCNC(=O)c1ccc(Cl)cc1. The van der Waals surface area contributed by atoms with Crippen molar-refractivity contribution in [2.45, 2.75) is 20.3 Å². The second kappa shape index (κ2) is 5.89. The lowest BCUT2D eigenvalue weighted by atomic mass is 10.1. The van der Waals surface area contributed by atoms with Crippen molar-refractivity contribution in [2.24, 2.45) is 0 Å². The molecule has 19 heavy (non-hydrogen) atoms. The van der Waals surface area contributed by atoms with Crippen LogP contribution in [0.4, 0.5) is 0 Å². The first kappa shape index (κ1) is 13.6. The van der Waals surface area contributed by atoms with Crippen molar-refractivity contribution in [3.05, 3.63) is 51.8 Å². The molecule has 2 aromatic rings. The van der Waals surface area contributed by atoms with Gasteiger partial charge >= 0.3 is 0 Å². The zero-order valence-corrected chi connectivity index (χ0v) is 11.7. The minimum Gasteiger partial charge on any atom is -0.352 e. The van der Waals surface area contributed by atoms with E-state index < -0.39 is 0 Å². The average Bonchev–Trinajstić information content (AvgIpc) is 2.71. The van der Waals surface area contributed by atoms with E-state index in [2.05, 4.69) is 15.5 Å². The van der Waals surface area contributed by atoms with Gasteiger partial charge in [-0.05, 0) is 50.1 Å². The van der Waals surface area contributed by atoms with Crippen LogP contribution in [0.3, 0.4) is 0 Å². The van der Waals surface area contributed by atoms with Gasteiger partial charge in [0, 0.05) is 22.8 Å². The first-order valence-electron chi connectivity index (χ1n) is 6.12. The predicted octanol–water partition coefficient (Wildman–Crippen LogP) is 2.65. The maximum Gasteiger partial charge on any atom is 0.251 e. The van der Waals surface area contributed by atoms with Crippen LogP contribution in [0, 0.1) is 13.8 Å². The lowest BCUT2D eigenvalue weighted by Gasteiger charge is -2.05. The van der Waals surface area contributed by atoms with Crippen molar-refractivity contribution >= 4 is 17.5 Å². The normalized spacial score (nSPS) is 10.5. The molecule has 0 aliphatic heterocycles. The van der Waals surface area contributed by atoms with Crippen molar-refractivity contribution in [3.8, 4) is 0 Å². The molecule has 0 fully saturated rings. The molecule has 1 aromatic carbocycles. The Balaban J connectivity index is 1.89. The molecule has 4 nitrogen and oxygen atoms in total. The van der Waals surface area contributed by atoms with Crippen molar-refractivity contribution in [1.29, 1.82) is 0 Å². The number of aromatic nitrogens is 2. The van der Waals surface area contributed by atoms with Gasteiger partial charge in [-0.2, -0.15) is 5.10 Å². The minimum atomic E-state index is -0.0875. The fourth-order valence-corrected chi connectivity index (χ4v) is 2.07. The molecule has 0 bridgehead atoms. The topological polar surface area (TPSA) is 57.8 Å². The fourth-order valence-electron chi connectivity index (χ4n) is 1.95. The second-order valence-electron chi connectivity index (χ2n) is 4.43. The summed E-state index contributed by atoms with van der Waals surface area (Å²) in [6, 6.07) is 6.85. The highest BCUT2D eigenvalue weighted by Crippen LogP contribution is 2.11. The quantitative estimate of drug-likeness (QED) is 0.903. The van der Waals surface area contributed by atoms with Crippen LogP contribution in [0.5, 0.6) is 0 Å². The molecule has 0 spiro atoms. The van der Waals surface area contributed by atoms with E-state index in [1.54, 1.807) is 24.3 Å². The van der Waals surface area contributed by atoms with E-state index in [-0.39, 0.29) is 5.91 Å². The van der Waals surface area contributed by atoms with E-state index in [1.165, 1.54) is 0 Å². The van der Waals surface area contributed by atoms with Crippen molar-refractivity contribution in [1.82, 2.24) is 15.5 Å². The first-order chi connectivity index (χ1) is 9.08. The molecule has 100 valence electrons. The first-order valence-corrected chi connectivity index (χ1v) is 6.50. The number of amides is 1. The van der Waals surface area contributed by atoms with E-state index >= 15 is 0 Å². The lowest BCUT2D eigenvalue weighted by Crippen LogP contribution is -2.25. The molecule has 0 saturated heterocycles. The molecule has 1 aromatic heterocycles. The summed E-state index contributed by atoms with van der Waals surface area (Å²) in [5, 5.41) is 10.6. The smallest absolute Gasteiger partial charge is 0.251 e. The van der Waals surface area contributed by atoms with Crippen LogP contribution in [0.15, 0.2) is 24.3 Å². The Kier molecular flexibility index (Phi) is 4.22. The summed E-state index contributed by atoms with van der Waals surface area (Å²) in [5.41, 5.74) is 3.82. The molecular weight excluding hydrogens is 262 g/mol. The van der Waals surface area contributed by atoms with Crippen LogP contribution in [-0.4, -0.2) is 22.6 Å². The number of benzene rings is 1. The van der Waals surface area contributed by atoms with Crippen LogP contribution < -0.4 is 5.32 Å². The third-order valence-electron chi connectivity index (χ3n) is 3.05. The molecule has 0 unspecified atom stereocenters. The molecule has 2 N–H and O–H groups in total. The molecule has 0 radical (unpaired) electrons. The maximum absolute atomic E-state index is 11.9. The van der Waals surface area contributed by atoms with Gasteiger partial charge in [0.25, 0.3) is 5.91 Å². The summed E-state index contributed by atoms with van der Waals surface area (Å²) in [7, 11) is 0. The van der Waals surface area contributed by atoms with Crippen molar-refractivity contribution in [3.63, 3.8) is 0 Å². The maximum atomic E-state index is 11.9. The van der Waals surface area contributed by atoms with Gasteiger partial charge in [-0.3, -0.25) is 9.89 Å². The fraction of sp³-hybridized carbons (Fsp3) is 0.286. The third kappa shape index (κ3) is 3.35. The van der Waals surface area contributed by atoms with Crippen molar-refractivity contribution < 1.29 is 4.79 Å². The van der Waals surface area contributed by atoms with Gasteiger partial charge in [0.2, 0.25) is 0 Å². The summed E-state index contributed by atoms with van der Waals surface area (Å²) < 4.78 is 0. The number of halogens is 1. The number of nitrogens with zero attached hydrogens (tertiary/aromatic N) is 1. The van der Waals surface area contributed by atoms with Crippen molar-refractivity contribution in [2.75, 3.05) is 6.54 Å². The minimum absolute atomic E-state index is 0.0875. The number of hydrogen-bond acceptors (Lipinski definition) is 2. The second-order valence-corrected chi connectivity index (χ2v) is 4.86. The molecule has 2 rings (SSSR count). The van der Waals surface area contributed by atoms with Gasteiger partial charge in [0.1, 0.15) is 0 Å². The number of H-pyrrole nitrogens is 1. The monoisotopic (exact) mass is 277 g/mol. The van der Waals surface area contributed by atoms with E-state index in [0.29, 0.717) is 17.1 Å². The molecule has 5 heteroatoms. The van der Waals surface area contributed by atoms with Gasteiger partial charge in [0.05, 0.1) is 5.69 Å². The van der Waals surface area contributed by atoms with Gasteiger partial charge in [-0.25, -0.2) is 0 Å². The highest BCUT2D eigenvalue weighted by atomic mass is 35.5. The van der Waals surface area contributed by atoms with Crippen LogP contribution in [0.2, 0.25) is 5.02 Å². The molecule has 0 aliphatic rings. The lowest BCUT2D eigenvalue weighted by molar-refractivity contribution is 0.0954. The Hall–Kier alpha value is -1.81. The zero-order chi connectivity index (χ0) is 13.8. The van der Waals surface area contributed by atoms with E-state index in [4.69, 9.17) is 11.6 Å². The summed E-state index contributed by atoms with van der Waals surface area (Å²) in [6.45, 7) is 4.53. The Morgan fingerprint density at radius 2 is 2.00 bits per heavy atom. The molecule has 0 saturated carbocycles. The number of aromatic amines is 1. The highest BCUT2D eigenvalue weighted by Gasteiger charge is 2.08. The largest absolute Gasteiger partial charge is 0.352 e. The number of carbonyl (C=O) groups excluding carboxylic acids is 1. The van der Waals surface area contributed by atoms with Gasteiger partial charge in [-0.1, -0.05) is 11.6 Å². The van der Waals surface area contributed by atoms with Crippen LogP contribution in [-0.2, 0) is 6.42 Å². The number of aryl methyl sites for hydroxylation is 2. The van der Waals surface area contributed by atoms with Gasteiger partial charge in [0.15, 0.2) is 0 Å². The number of nitrogens with one attached hydrogen (secondary N) is 2. The summed E-state index contributed by atoms with van der Waals surface area (Å²) >= 11 is 5.78. The summed E-state index contributed by atoms with van der Waals surface area (Å²) in [6.07, 6.45) is 0.771. The third-order valence-corrected chi connectivity index (χ3v) is 3.30.